The van der Waals surface area contributed by atoms with Gasteiger partial charge in [0.1, 0.15) is 30.2 Å². The molecular weight excluding hydrogens is 541 g/mol. The van der Waals surface area contributed by atoms with E-state index in [2.05, 4.69) is 33.7 Å². The normalized spacial score (nSPS) is 23.7. The molecular formula is C26H46N5O6PS. The second-order valence-corrected chi connectivity index (χ2v) is 13.2. The lowest BCUT2D eigenvalue weighted by molar-refractivity contribution is -0.151. The van der Waals surface area contributed by atoms with Crippen molar-refractivity contribution >= 4 is 35.5 Å². The van der Waals surface area contributed by atoms with Crippen molar-refractivity contribution in [3.63, 3.8) is 0 Å². The van der Waals surface area contributed by atoms with Gasteiger partial charge in [0, 0.05) is 0 Å². The number of nitrogen functional groups attached to an aromatic ring is 1. The van der Waals surface area contributed by atoms with Crippen molar-refractivity contribution in [1.29, 1.82) is 0 Å². The summed E-state index contributed by atoms with van der Waals surface area (Å²) in [7, 11) is 0. The first-order valence-corrected chi connectivity index (χ1v) is 17.0. The van der Waals surface area contributed by atoms with Gasteiger partial charge in [-0.3, -0.25) is 9.09 Å². The zero-order chi connectivity index (χ0) is 28.3. The number of hydrogen-bond acceptors (Lipinski definition) is 9. The van der Waals surface area contributed by atoms with Gasteiger partial charge in [0.2, 0.25) is 0 Å². The largest absolute Gasteiger partial charge is 0.394 e. The molecule has 2 aromatic rings. The van der Waals surface area contributed by atoms with Crippen LogP contribution in [0.3, 0.4) is 0 Å². The maximum absolute atomic E-state index is 11.4. The predicted molar refractivity (Wildman–Crippen MR) is 154 cm³/mol. The summed E-state index contributed by atoms with van der Waals surface area (Å²) in [6.45, 7) is -2.41. The average Bonchev–Trinajstić information content (AvgIpc) is 3.44. The molecule has 0 radical (unpaired) electrons. The number of aliphatic hydroxyl groups is 2. The van der Waals surface area contributed by atoms with Crippen LogP contribution >= 0.6 is 6.72 Å². The number of fused-ring (bicyclic) bond motifs is 1. The summed E-state index contributed by atoms with van der Waals surface area (Å²) in [6, 6.07) is 0. The minimum absolute atomic E-state index is 0.186. The monoisotopic (exact) mass is 587 g/mol. The van der Waals surface area contributed by atoms with Gasteiger partial charge in [0.15, 0.2) is 17.2 Å². The van der Waals surface area contributed by atoms with Crippen LogP contribution in [-0.2, 0) is 26.8 Å². The molecule has 13 heteroatoms. The average molecular weight is 588 g/mol. The Bertz CT molecular complexity index is 1060. The summed E-state index contributed by atoms with van der Waals surface area (Å²) in [6.07, 6.45) is 16.5. The Hall–Kier alpha value is -1.24. The van der Waals surface area contributed by atoms with Gasteiger partial charge in [-0.15, -0.1) is 0 Å². The number of aromatic nitrogens is 4. The van der Waals surface area contributed by atoms with Gasteiger partial charge in [-0.25, -0.2) is 15.0 Å². The lowest BCUT2D eigenvalue weighted by Crippen LogP contribution is -2.46. The summed E-state index contributed by atoms with van der Waals surface area (Å²) in [5, 5.41) is 21.4. The Balaban J connectivity index is 1.56. The summed E-state index contributed by atoms with van der Waals surface area (Å²) in [5.41, 5.74) is 5.26. The lowest BCUT2D eigenvalue weighted by atomic mass is 9.95. The van der Waals surface area contributed by atoms with Gasteiger partial charge in [-0.1, -0.05) is 90.4 Å². The minimum atomic E-state index is -4.14. The van der Waals surface area contributed by atoms with Crippen molar-refractivity contribution in [2.24, 2.45) is 0 Å². The van der Waals surface area contributed by atoms with Crippen LogP contribution in [-0.4, -0.2) is 64.4 Å². The smallest absolute Gasteiger partial charge is 0.322 e. The molecule has 4 atom stereocenters. The lowest BCUT2D eigenvalue weighted by Gasteiger charge is -2.34. The molecule has 3 rings (SSSR count). The highest BCUT2D eigenvalue weighted by atomic mass is 32.5. The summed E-state index contributed by atoms with van der Waals surface area (Å²) < 4.78 is 13.0. The van der Waals surface area contributed by atoms with Gasteiger partial charge >= 0.3 is 6.72 Å². The van der Waals surface area contributed by atoms with Gasteiger partial charge in [-0.05, 0) is 24.6 Å². The van der Waals surface area contributed by atoms with E-state index in [1.165, 1.54) is 76.9 Å². The highest BCUT2D eigenvalue weighted by Crippen LogP contribution is 2.48. The molecule has 39 heavy (non-hydrogen) atoms. The Morgan fingerprint density at radius 3 is 2.08 bits per heavy atom. The fraction of sp³-hybridized carbons (Fsp3) is 0.808. The number of hydrogen-bond donors (Lipinski definition) is 5. The minimum Gasteiger partial charge on any atom is -0.394 e. The van der Waals surface area contributed by atoms with Crippen molar-refractivity contribution < 1.29 is 29.3 Å². The molecule has 1 fully saturated rings. The summed E-state index contributed by atoms with van der Waals surface area (Å²) >= 11 is 4.64. The molecule has 2 aromatic heterocycles. The molecule has 1 aliphatic rings. The van der Waals surface area contributed by atoms with E-state index in [4.69, 9.17) is 15.0 Å². The van der Waals surface area contributed by atoms with Crippen LogP contribution in [0.4, 0.5) is 5.82 Å². The fourth-order valence-corrected chi connectivity index (χ4v) is 6.38. The quantitative estimate of drug-likeness (QED) is 0.117. The number of nitrogens with zero attached hydrogens (tertiary/aromatic N) is 4. The first-order valence-electron chi connectivity index (χ1n) is 14.4. The zero-order valence-corrected chi connectivity index (χ0v) is 24.7. The number of unbranched alkanes of at least 4 members (excludes halogenated alkanes) is 13. The van der Waals surface area contributed by atoms with Crippen LogP contribution in [0.1, 0.15) is 103 Å². The van der Waals surface area contributed by atoms with Gasteiger partial charge in [0.05, 0.1) is 12.9 Å². The topological polar surface area (TPSA) is 169 Å². The van der Waals surface area contributed by atoms with E-state index < -0.39 is 37.4 Å². The molecule has 0 amide bonds. The maximum Gasteiger partial charge on any atom is 0.322 e. The SMILES string of the molecule is CCCCCCCCCCCCCCCC[C@@]1(n2cnc3c(N)ncnc32)O[C@H](CO)[C@@H](OP(O)(O)=S)[C@H]1O. The molecule has 0 saturated carbocycles. The van der Waals surface area contributed by atoms with Crippen LogP contribution in [0.15, 0.2) is 12.7 Å². The molecule has 1 aliphatic heterocycles. The maximum atomic E-state index is 11.4. The number of ether oxygens (including phenoxy) is 1. The van der Waals surface area contributed by atoms with E-state index in [0.717, 1.165) is 19.3 Å². The molecule has 11 nitrogen and oxygen atoms in total. The van der Waals surface area contributed by atoms with Crippen molar-refractivity contribution in [3.05, 3.63) is 12.7 Å². The van der Waals surface area contributed by atoms with Crippen LogP contribution in [0.25, 0.3) is 11.2 Å². The number of anilines is 1. The van der Waals surface area contributed by atoms with Gasteiger partial charge in [0.25, 0.3) is 0 Å². The van der Waals surface area contributed by atoms with Crippen molar-refractivity contribution in [3.8, 4) is 0 Å². The Kier molecular flexibility index (Phi) is 13.0. The van der Waals surface area contributed by atoms with E-state index in [1.54, 1.807) is 4.57 Å². The Morgan fingerprint density at radius 1 is 0.974 bits per heavy atom. The van der Waals surface area contributed by atoms with Gasteiger partial charge < -0.3 is 30.5 Å². The van der Waals surface area contributed by atoms with Crippen LogP contribution < -0.4 is 5.73 Å². The van der Waals surface area contributed by atoms with E-state index in [-0.39, 0.29) is 5.82 Å². The number of rotatable bonds is 19. The van der Waals surface area contributed by atoms with E-state index >= 15 is 0 Å². The molecule has 0 bridgehead atoms. The molecule has 0 aromatic carbocycles. The molecule has 0 spiro atoms. The molecule has 3 heterocycles. The summed E-state index contributed by atoms with van der Waals surface area (Å²) in [4.78, 5) is 32.1. The molecule has 222 valence electrons. The summed E-state index contributed by atoms with van der Waals surface area (Å²) in [5.74, 6) is 0.186. The van der Waals surface area contributed by atoms with E-state index in [9.17, 15) is 20.0 Å². The third-order valence-corrected chi connectivity index (χ3v) is 8.37. The van der Waals surface area contributed by atoms with Crippen LogP contribution in [0.2, 0.25) is 0 Å². The van der Waals surface area contributed by atoms with Gasteiger partial charge in [-0.2, -0.15) is 0 Å². The third-order valence-electron chi connectivity index (χ3n) is 7.59. The number of nitrogens with two attached hydrogens (primary N) is 1. The highest BCUT2D eigenvalue weighted by molar-refractivity contribution is 8.06. The predicted octanol–water partition coefficient (Wildman–Crippen LogP) is 4.28. The zero-order valence-electron chi connectivity index (χ0n) is 23.0. The third kappa shape index (κ3) is 8.87. The second kappa shape index (κ2) is 15.7. The molecule has 6 N–H and O–H groups in total. The second-order valence-electron chi connectivity index (χ2n) is 10.6. The van der Waals surface area contributed by atoms with E-state index in [1.807, 2.05) is 0 Å². The number of imidazole rings is 1. The van der Waals surface area contributed by atoms with Crippen molar-refractivity contribution in [2.75, 3.05) is 12.3 Å². The molecule has 0 aliphatic carbocycles. The Labute approximate surface area is 236 Å². The fourth-order valence-electron chi connectivity index (χ4n) is 5.51. The first kappa shape index (κ1) is 32.3. The molecule has 0 unspecified atom stereocenters. The first-order chi connectivity index (χ1) is 18.7. The van der Waals surface area contributed by atoms with E-state index in [0.29, 0.717) is 24.0 Å². The van der Waals surface area contributed by atoms with Crippen molar-refractivity contribution in [2.45, 2.75) is 127 Å². The molecule has 1 saturated heterocycles. The Morgan fingerprint density at radius 2 is 1.54 bits per heavy atom. The number of aliphatic hydroxyl groups excluding tert-OH is 2. The van der Waals surface area contributed by atoms with Crippen LogP contribution in [0, 0.1) is 0 Å². The highest BCUT2D eigenvalue weighted by Gasteiger charge is 2.57. The van der Waals surface area contributed by atoms with Crippen LogP contribution in [0.5, 0.6) is 0 Å². The standard InChI is InChI=1S/C26H46N5O6PS/c1-2-3-4-5-6-7-8-9-10-11-12-13-14-15-16-26(31-19-30-21-24(27)28-18-29-25(21)31)23(33)22(20(17-32)36-26)37-38(34,35)39/h18-20,22-23,32-33H,2-17H2,1H3,(H2,27,28,29)(H2,34,35,39)/t20-,22-,23-,26-/m1/s1. The van der Waals surface area contributed by atoms with Crippen molar-refractivity contribution in [1.82, 2.24) is 19.5 Å².